The zero-order valence-electron chi connectivity index (χ0n) is 11.9. The van der Waals surface area contributed by atoms with Crippen LogP contribution in [0.2, 0.25) is 0 Å². The molecule has 1 N–H and O–H groups in total. The summed E-state index contributed by atoms with van der Waals surface area (Å²) < 4.78 is 31.7. The van der Waals surface area contributed by atoms with Gasteiger partial charge in [0.15, 0.2) is 0 Å². The number of nitrogens with zero attached hydrogens (tertiary/aromatic N) is 2. The van der Waals surface area contributed by atoms with Crippen LogP contribution < -0.4 is 0 Å². The van der Waals surface area contributed by atoms with Crippen molar-refractivity contribution in [3.63, 3.8) is 0 Å². The van der Waals surface area contributed by atoms with E-state index in [1.807, 2.05) is 19.3 Å². The molecule has 0 atom stereocenters. The highest BCUT2D eigenvalue weighted by molar-refractivity contribution is 7.85. The van der Waals surface area contributed by atoms with Gasteiger partial charge in [0.1, 0.15) is 5.82 Å². The lowest BCUT2D eigenvalue weighted by molar-refractivity contribution is 0.483. The van der Waals surface area contributed by atoms with Gasteiger partial charge in [0, 0.05) is 25.4 Å². The second-order valence-corrected chi connectivity index (χ2v) is 5.69. The molecule has 0 radical (unpaired) electrons. The predicted octanol–water partition coefficient (Wildman–Crippen LogP) is 2.71. The van der Waals surface area contributed by atoms with Gasteiger partial charge in [-0.1, -0.05) is 24.6 Å². The minimum Gasteiger partial charge on any atom is -0.335 e. The van der Waals surface area contributed by atoms with E-state index in [0.717, 1.165) is 18.5 Å². The van der Waals surface area contributed by atoms with Crippen molar-refractivity contribution in [2.75, 3.05) is 0 Å². The first-order chi connectivity index (χ1) is 9.38. The quantitative estimate of drug-likeness (QED) is 0.884. The summed E-state index contributed by atoms with van der Waals surface area (Å²) in [6.07, 6.45) is 4.89. The predicted molar refractivity (Wildman–Crippen MR) is 78.3 cm³/mol. The van der Waals surface area contributed by atoms with E-state index in [2.05, 4.69) is 23.4 Å². The SMILES string of the molecule is CCc1nccn1CC.Cc1ccc(S(=O)(=O)O)cc1. The second-order valence-electron chi connectivity index (χ2n) is 4.27. The zero-order valence-corrected chi connectivity index (χ0v) is 12.8. The molecule has 20 heavy (non-hydrogen) atoms. The summed E-state index contributed by atoms with van der Waals surface area (Å²) in [5.41, 5.74) is 0.956. The molecule has 1 aromatic heterocycles. The van der Waals surface area contributed by atoms with Gasteiger partial charge in [0.2, 0.25) is 0 Å². The molecule has 0 aliphatic heterocycles. The molecule has 5 nitrogen and oxygen atoms in total. The van der Waals surface area contributed by atoms with E-state index < -0.39 is 10.1 Å². The first kappa shape index (κ1) is 16.4. The second kappa shape index (κ2) is 7.21. The monoisotopic (exact) mass is 296 g/mol. The molecule has 0 amide bonds. The highest BCUT2D eigenvalue weighted by atomic mass is 32.2. The highest BCUT2D eigenvalue weighted by Crippen LogP contribution is 2.08. The van der Waals surface area contributed by atoms with Crippen molar-refractivity contribution in [2.45, 2.75) is 38.6 Å². The Bertz CT molecular complexity index is 612. The zero-order chi connectivity index (χ0) is 15.2. The fraction of sp³-hybridized carbons (Fsp3) is 0.357. The van der Waals surface area contributed by atoms with Gasteiger partial charge in [-0.2, -0.15) is 8.42 Å². The number of benzene rings is 1. The van der Waals surface area contributed by atoms with Gasteiger partial charge in [-0.15, -0.1) is 0 Å². The van der Waals surface area contributed by atoms with Crippen molar-refractivity contribution >= 4 is 10.1 Å². The molecule has 0 saturated carbocycles. The molecule has 2 aromatic rings. The van der Waals surface area contributed by atoms with Gasteiger partial charge >= 0.3 is 0 Å². The molecule has 0 unspecified atom stereocenters. The van der Waals surface area contributed by atoms with Gasteiger partial charge in [0.05, 0.1) is 4.90 Å². The Balaban J connectivity index is 0.000000204. The Hall–Kier alpha value is -1.66. The Morgan fingerprint density at radius 1 is 1.20 bits per heavy atom. The summed E-state index contributed by atoms with van der Waals surface area (Å²) in [5.74, 6) is 1.18. The van der Waals surface area contributed by atoms with Gasteiger partial charge in [0.25, 0.3) is 10.1 Å². The van der Waals surface area contributed by atoms with Crippen LogP contribution in [0.3, 0.4) is 0 Å². The number of hydrogen-bond donors (Lipinski definition) is 1. The summed E-state index contributed by atoms with van der Waals surface area (Å²) in [6.45, 7) is 7.12. The molecule has 0 fully saturated rings. The van der Waals surface area contributed by atoms with Crippen LogP contribution in [-0.2, 0) is 23.1 Å². The molecule has 110 valence electrons. The first-order valence-corrected chi connectivity index (χ1v) is 7.86. The molecule has 1 heterocycles. The molecule has 0 saturated heterocycles. The van der Waals surface area contributed by atoms with E-state index >= 15 is 0 Å². The summed E-state index contributed by atoms with van der Waals surface area (Å²) in [5, 5.41) is 0. The molecule has 1 aromatic carbocycles. The smallest absolute Gasteiger partial charge is 0.294 e. The normalized spacial score (nSPS) is 10.8. The van der Waals surface area contributed by atoms with E-state index in [1.165, 1.54) is 18.0 Å². The van der Waals surface area contributed by atoms with E-state index in [9.17, 15) is 8.42 Å². The third-order valence-electron chi connectivity index (χ3n) is 2.78. The maximum absolute atomic E-state index is 10.5. The maximum atomic E-state index is 10.5. The van der Waals surface area contributed by atoms with Crippen LogP contribution in [0.15, 0.2) is 41.6 Å². The van der Waals surface area contributed by atoms with Gasteiger partial charge in [-0.05, 0) is 26.0 Å². The number of imidazole rings is 1. The lowest BCUT2D eigenvalue weighted by atomic mass is 10.2. The van der Waals surface area contributed by atoms with E-state index in [1.54, 1.807) is 12.1 Å². The number of hydrogen-bond acceptors (Lipinski definition) is 3. The third kappa shape index (κ3) is 4.79. The first-order valence-electron chi connectivity index (χ1n) is 6.42. The van der Waals surface area contributed by atoms with Crippen LogP contribution in [-0.4, -0.2) is 22.5 Å². The van der Waals surface area contributed by atoms with Gasteiger partial charge in [-0.3, -0.25) is 4.55 Å². The molecule has 0 aliphatic rings. The molecule has 0 aliphatic carbocycles. The highest BCUT2D eigenvalue weighted by Gasteiger charge is 2.06. The standard InChI is InChI=1S/C7H12N2.C7H8O3S/c1-3-7-8-5-6-9(7)4-2;1-6-2-4-7(5-3-6)11(8,9)10/h5-6H,3-4H2,1-2H3;2-5H,1H3,(H,8,9,10). The maximum Gasteiger partial charge on any atom is 0.294 e. The summed E-state index contributed by atoms with van der Waals surface area (Å²) in [4.78, 5) is 4.10. The number of rotatable bonds is 3. The third-order valence-corrected chi connectivity index (χ3v) is 3.65. The Morgan fingerprint density at radius 3 is 2.20 bits per heavy atom. The Morgan fingerprint density at radius 2 is 1.80 bits per heavy atom. The molecule has 6 heteroatoms. The molecule has 0 spiro atoms. The van der Waals surface area contributed by atoms with Crippen LogP contribution >= 0.6 is 0 Å². The lowest BCUT2D eigenvalue weighted by Gasteiger charge is -1.98. The summed E-state index contributed by atoms with van der Waals surface area (Å²) in [7, 11) is -4.02. The van der Waals surface area contributed by atoms with Crippen molar-refractivity contribution < 1.29 is 13.0 Å². The van der Waals surface area contributed by atoms with E-state index in [0.29, 0.717) is 0 Å². The molecular formula is C14H20N2O3S. The van der Waals surface area contributed by atoms with Crippen LogP contribution in [0.5, 0.6) is 0 Å². The molecule has 2 rings (SSSR count). The van der Waals surface area contributed by atoms with E-state index in [4.69, 9.17) is 4.55 Å². The van der Waals surface area contributed by atoms with Gasteiger partial charge < -0.3 is 4.57 Å². The van der Waals surface area contributed by atoms with Gasteiger partial charge in [-0.25, -0.2) is 4.98 Å². The molecular weight excluding hydrogens is 276 g/mol. The largest absolute Gasteiger partial charge is 0.335 e. The Kier molecular flexibility index (Phi) is 5.91. The van der Waals surface area contributed by atoms with Crippen molar-refractivity contribution in [1.82, 2.24) is 9.55 Å². The lowest BCUT2D eigenvalue weighted by Crippen LogP contribution is -1.98. The minimum absolute atomic E-state index is 0.0666. The topological polar surface area (TPSA) is 72.2 Å². The fourth-order valence-electron chi connectivity index (χ4n) is 1.65. The van der Waals surface area contributed by atoms with Crippen LogP contribution in [0.1, 0.15) is 25.2 Å². The van der Waals surface area contributed by atoms with Crippen LogP contribution in [0.4, 0.5) is 0 Å². The van der Waals surface area contributed by atoms with E-state index in [-0.39, 0.29) is 4.90 Å². The average Bonchev–Trinajstić information content (AvgIpc) is 2.86. The fourth-order valence-corrected chi connectivity index (χ4v) is 2.13. The minimum atomic E-state index is -4.02. The van der Waals surface area contributed by atoms with Crippen molar-refractivity contribution in [3.8, 4) is 0 Å². The molecule has 0 bridgehead atoms. The van der Waals surface area contributed by atoms with Crippen LogP contribution in [0.25, 0.3) is 0 Å². The van der Waals surface area contributed by atoms with Crippen molar-refractivity contribution in [3.05, 3.63) is 48.0 Å². The van der Waals surface area contributed by atoms with Crippen LogP contribution in [0, 0.1) is 6.92 Å². The number of aryl methyl sites for hydroxylation is 3. The summed E-state index contributed by atoms with van der Waals surface area (Å²) in [6, 6.07) is 5.99. The van der Waals surface area contributed by atoms with Crippen molar-refractivity contribution in [1.29, 1.82) is 0 Å². The Labute approximate surface area is 120 Å². The average molecular weight is 296 g/mol. The number of aromatic nitrogens is 2. The summed E-state index contributed by atoms with van der Waals surface area (Å²) >= 11 is 0. The van der Waals surface area contributed by atoms with Crippen molar-refractivity contribution in [2.24, 2.45) is 0 Å².